The maximum atomic E-state index is 6.14. The van der Waals surface area contributed by atoms with Crippen molar-refractivity contribution in [3.8, 4) is 0 Å². The topological polar surface area (TPSA) is 34.6 Å². The molecule has 4 nitrogen and oxygen atoms in total. The fourth-order valence-corrected chi connectivity index (χ4v) is 3.63. The van der Waals surface area contributed by atoms with Crippen LogP contribution in [0.3, 0.4) is 0 Å². The van der Waals surface area contributed by atoms with Gasteiger partial charge in [0, 0.05) is 39.5 Å². The number of hydrogen-bond acceptors (Lipinski definition) is 4. The van der Waals surface area contributed by atoms with Gasteiger partial charge in [-0.1, -0.05) is 11.6 Å². The fourth-order valence-electron chi connectivity index (χ4n) is 3.52. The highest BCUT2D eigenvalue weighted by atomic mass is 35.5. The van der Waals surface area contributed by atoms with E-state index in [1.165, 1.54) is 0 Å². The number of hydrogen-bond donors (Lipinski definition) is 0. The minimum atomic E-state index is -0.0586. The van der Waals surface area contributed by atoms with Crippen molar-refractivity contribution in [1.29, 1.82) is 0 Å². The van der Waals surface area contributed by atoms with Gasteiger partial charge in [0.05, 0.1) is 22.4 Å². The maximum Gasteiger partial charge on any atom is 0.0967 e. The lowest BCUT2D eigenvalue weighted by atomic mass is 9.82. The predicted molar refractivity (Wildman–Crippen MR) is 82.5 cm³/mol. The average molecular weight is 311 g/mol. The largest absolute Gasteiger partial charge is 0.378 e. The standard InChI is InChI=1S/C16H23ClN2O2/c1-20-15-3-2-10-21-16(15)6-8-19(9-7-16)12-14-5-4-13(17)11-18-14/h4-5,11,15H,2-3,6-10,12H2,1H3/t15-/m1/s1. The zero-order chi connectivity index (χ0) is 14.7. The van der Waals surface area contributed by atoms with Crippen LogP contribution in [0.5, 0.6) is 0 Å². The Balaban J connectivity index is 1.58. The molecule has 0 saturated carbocycles. The molecule has 21 heavy (non-hydrogen) atoms. The Morgan fingerprint density at radius 2 is 2.24 bits per heavy atom. The molecule has 0 aromatic carbocycles. The maximum absolute atomic E-state index is 6.14. The van der Waals surface area contributed by atoms with Gasteiger partial charge >= 0.3 is 0 Å². The highest BCUT2D eigenvalue weighted by molar-refractivity contribution is 6.30. The molecule has 1 atom stereocenters. The van der Waals surface area contributed by atoms with Gasteiger partial charge in [-0.2, -0.15) is 0 Å². The zero-order valence-corrected chi connectivity index (χ0v) is 13.3. The fraction of sp³-hybridized carbons (Fsp3) is 0.688. The second kappa shape index (κ2) is 6.61. The molecule has 1 aromatic rings. The van der Waals surface area contributed by atoms with Gasteiger partial charge in [0.25, 0.3) is 0 Å². The van der Waals surface area contributed by atoms with Crippen molar-refractivity contribution in [3.63, 3.8) is 0 Å². The summed E-state index contributed by atoms with van der Waals surface area (Å²) < 4.78 is 11.8. The van der Waals surface area contributed by atoms with E-state index < -0.39 is 0 Å². The van der Waals surface area contributed by atoms with Crippen LogP contribution in [-0.2, 0) is 16.0 Å². The molecule has 3 rings (SSSR count). The van der Waals surface area contributed by atoms with Crippen LogP contribution in [0.1, 0.15) is 31.4 Å². The SMILES string of the molecule is CO[C@@H]1CCCOC12CCN(Cc1ccc(Cl)cn1)CC2. The number of halogens is 1. The van der Waals surface area contributed by atoms with Crippen molar-refractivity contribution in [3.05, 3.63) is 29.0 Å². The number of pyridine rings is 1. The minimum Gasteiger partial charge on any atom is -0.378 e. The van der Waals surface area contributed by atoms with Crippen LogP contribution in [0, 0.1) is 0 Å². The molecule has 0 amide bonds. The van der Waals surface area contributed by atoms with E-state index in [1.54, 1.807) is 6.20 Å². The average Bonchev–Trinajstić information content (AvgIpc) is 2.52. The summed E-state index contributed by atoms with van der Waals surface area (Å²) in [5, 5.41) is 0.690. The molecule has 0 unspecified atom stereocenters. The molecule has 0 N–H and O–H groups in total. The van der Waals surface area contributed by atoms with Crippen LogP contribution < -0.4 is 0 Å². The number of methoxy groups -OCH3 is 1. The van der Waals surface area contributed by atoms with Crippen molar-refractivity contribution >= 4 is 11.6 Å². The number of ether oxygens (including phenoxy) is 2. The molecular formula is C16H23ClN2O2. The lowest BCUT2D eigenvalue weighted by Crippen LogP contribution is -2.55. The lowest BCUT2D eigenvalue weighted by Gasteiger charge is -2.48. The summed E-state index contributed by atoms with van der Waals surface area (Å²) >= 11 is 5.88. The Morgan fingerprint density at radius 1 is 1.43 bits per heavy atom. The smallest absolute Gasteiger partial charge is 0.0967 e. The quantitative estimate of drug-likeness (QED) is 0.860. The van der Waals surface area contributed by atoms with Gasteiger partial charge in [-0.25, -0.2) is 0 Å². The number of aromatic nitrogens is 1. The van der Waals surface area contributed by atoms with E-state index in [-0.39, 0.29) is 11.7 Å². The molecular weight excluding hydrogens is 288 g/mol. The molecule has 0 bridgehead atoms. The van der Waals surface area contributed by atoms with Crippen molar-refractivity contribution in [2.75, 3.05) is 26.8 Å². The number of piperidine rings is 1. The third-order valence-corrected chi connectivity index (χ3v) is 4.97. The van der Waals surface area contributed by atoms with Gasteiger partial charge in [0.2, 0.25) is 0 Å². The van der Waals surface area contributed by atoms with Gasteiger partial charge in [-0.15, -0.1) is 0 Å². The molecule has 1 spiro atoms. The normalized spacial score (nSPS) is 26.1. The Kier molecular flexibility index (Phi) is 4.79. The third kappa shape index (κ3) is 3.39. The summed E-state index contributed by atoms with van der Waals surface area (Å²) in [7, 11) is 1.81. The molecule has 116 valence electrons. The van der Waals surface area contributed by atoms with E-state index in [4.69, 9.17) is 21.1 Å². The first-order chi connectivity index (χ1) is 10.2. The van der Waals surface area contributed by atoms with Crippen LogP contribution in [0.4, 0.5) is 0 Å². The molecule has 0 aliphatic carbocycles. The van der Waals surface area contributed by atoms with Crippen molar-refractivity contribution in [2.45, 2.75) is 43.9 Å². The summed E-state index contributed by atoms with van der Waals surface area (Å²) in [6.07, 6.45) is 6.28. The van der Waals surface area contributed by atoms with Crippen LogP contribution >= 0.6 is 11.6 Å². The van der Waals surface area contributed by atoms with Crippen LogP contribution in [-0.4, -0.2) is 48.4 Å². The van der Waals surface area contributed by atoms with Crippen molar-refractivity contribution in [1.82, 2.24) is 9.88 Å². The Morgan fingerprint density at radius 3 is 2.90 bits per heavy atom. The van der Waals surface area contributed by atoms with Crippen molar-refractivity contribution < 1.29 is 9.47 Å². The Labute approximate surface area is 131 Å². The van der Waals surface area contributed by atoms with E-state index in [0.29, 0.717) is 5.02 Å². The summed E-state index contributed by atoms with van der Waals surface area (Å²) in [5.74, 6) is 0. The molecule has 0 radical (unpaired) electrons. The summed E-state index contributed by atoms with van der Waals surface area (Å²) in [6, 6.07) is 3.91. The van der Waals surface area contributed by atoms with E-state index >= 15 is 0 Å². The molecule has 2 aliphatic heterocycles. The molecule has 3 heterocycles. The highest BCUT2D eigenvalue weighted by Crippen LogP contribution is 2.37. The van der Waals surface area contributed by atoms with E-state index in [2.05, 4.69) is 9.88 Å². The van der Waals surface area contributed by atoms with Gasteiger partial charge < -0.3 is 9.47 Å². The first-order valence-electron chi connectivity index (χ1n) is 7.71. The summed E-state index contributed by atoms with van der Waals surface area (Å²) in [5.41, 5.74) is 1.01. The second-order valence-corrected chi connectivity index (χ2v) is 6.46. The first-order valence-corrected chi connectivity index (χ1v) is 8.09. The number of nitrogens with zero attached hydrogens (tertiary/aromatic N) is 2. The molecule has 2 fully saturated rings. The summed E-state index contributed by atoms with van der Waals surface area (Å²) in [4.78, 5) is 6.81. The highest BCUT2D eigenvalue weighted by Gasteiger charge is 2.44. The number of likely N-dealkylation sites (tertiary alicyclic amines) is 1. The molecule has 1 aromatic heterocycles. The van der Waals surface area contributed by atoms with Crippen LogP contribution in [0.2, 0.25) is 5.02 Å². The molecule has 2 aliphatic rings. The summed E-state index contributed by atoms with van der Waals surface area (Å²) in [6.45, 7) is 3.82. The van der Waals surface area contributed by atoms with Gasteiger partial charge in [-0.05, 0) is 37.8 Å². The van der Waals surface area contributed by atoms with Gasteiger partial charge in [-0.3, -0.25) is 9.88 Å². The Hall–Kier alpha value is -0.680. The van der Waals surface area contributed by atoms with E-state index in [9.17, 15) is 0 Å². The van der Waals surface area contributed by atoms with Crippen molar-refractivity contribution in [2.24, 2.45) is 0 Å². The predicted octanol–water partition coefficient (Wildman–Crippen LogP) is 2.90. The second-order valence-electron chi connectivity index (χ2n) is 6.02. The minimum absolute atomic E-state index is 0.0586. The first kappa shape index (κ1) is 15.2. The lowest BCUT2D eigenvalue weighted by molar-refractivity contribution is -0.186. The Bertz CT molecular complexity index is 458. The molecule has 2 saturated heterocycles. The molecule has 5 heteroatoms. The van der Waals surface area contributed by atoms with Gasteiger partial charge in [0.15, 0.2) is 0 Å². The van der Waals surface area contributed by atoms with Crippen LogP contribution in [0.15, 0.2) is 18.3 Å². The van der Waals surface area contributed by atoms with Gasteiger partial charge in [0.1, 0.15) is 0 Å². The van der Waals surface area contributed by atoms with Crippen LogP contribution in [0.25, 0.3) is 0 Å². The van der Waals surface area contributed by atoms with E-state index in [0.717, 1.165) is 57.6 Å². The van der Waals surface area contributed by atoms with E-state index in [1.807, 2.05) is 19.2 Å². The zero-order valence-electron chi connectivity index (χ0n) is 12.6. The number of rotatable bonds is 3. The third-order valence-electron chi connectivity index (χ3n) is 4.75. The monoisotopic (exact) mass is 310 g/mol.